The number of piperazine rings is 1. The summed E-state index contributed by atoms with van der Waals surface area (Å²) < 4.78 is 0. The molecule has 2 fully saturated rings. The largest absolute Gasteiger partial charge is 0.369 e. The summed E-state index contributed by atoms with van der Waals surface area (Å²) in [6, 6.07) is 9.65. The summed E-state index contributed by atoms with van der Waals surface area (Å²) >= 11 is 0. The van der Waals surface area contributed by atoms with Gasteiger partial charge in [0.25, 0.3) is 0 Å². The number of benzene rings is 1. The van der Waals surface area contributed by atoms with Crippen LogP contribution in [0.4, 0.5) is 5.69 Å². The summed E-state index contributed by atoms with van der Waals surface area (Å²) in [7, 11) is 0. The molecule has 1 aromatic rings. The van der Waals surface area contributed by atoms with Crippen LogP contribution in [0.2, 0.25) is 0 Å². The van der Waals surface area contributed by atoms with E-state index >= 15 is 0 Å². The second-order valence-electron chi connectivity index (χ2n) is 6.93. The molecule has 1 saturated heterocycles. The minimum Gasteiger partial charge on any atom is -0.369 e. The van der Waals surface area contributed by atoms with E-state index in [0.717, 1.165) is 12.5 Å². The zero-order chi connectivity index (χ0) is 14.7. The van der Waals surface area contributed by atoms with Crippen molar-refractivity contribution in [3.8, 4) is 0 Å². The molecule has 0 radical (unpaired) electrons. The van der Waals surface area contributed by atoms with Gasteiger partial charge in [-0.05, 0) is 36.5 Å². The lowest BCUT2D eigenvalue weighted by Crippen LogP contribution is -2.47. The SMILES string of the molecule is CC(C)NCc1ccc(N2CCN(CC3CC3)CC2)cc1. The van der Waals surface area contributed by atoms with E-state index in [1.165, 1.54) is 56.8 Å². The molecule has 1 heterocycles. The highest BCUT2D eigenvalue weighted by atomic mass is 15.3. The first-order chi connectivity index (χ1) is 10.2. The van der Waals surface area contributed by atoms with Crippen LogP contribution < -0.4 is 10.2 Å². The van der Waals surface area contributed by atoms with E-state index in [1.807, 2.05) is 0 Å². The monoisotopic (exact) mass is 287 g/mol. The highest BCUT2D eigenvalue weighted by molar-refractivity contribution is 5.48. The van der Waals surface area contributed by atoms with Gasteiger partial charge in [0.2, 0.25) is 0 Å². The molecule has 1 N–H and O–H groups in total. The van der Waals surface area contributed by atoms with Crippen LogP contribution >= 0.6 is 0 Å². The van der Waals surface area contributed by atoms with Gasteiger partial charge < -0.3 is 10.2 Å². The molecule has 0 aromatic heterocycles. The van der Waals surface area contributed by atoms with Crippen LogP contribution in [-0.4, -0.2) is 43.7 Å². The summed E-state index contributed by atoms with van der Waals surface area (Å²) in [6.45, 7) is 11.5. The van der Waals surface area contributed by atoms with E-state index in [-0.39, 0.29) is 0 Å². The standard InChI is InChI=1S/C18H29N3/c1-15(2)19-13-16-5-7-18(8-6-16)21-11-9-20(10-12-21)14-17-3-4-17/h5-8,15,17,19H,3-4,9-14H2,1-2H3. The summed E-state index contributed by atoms with van der Waals surface area (Å²) in [4.78, 5) is 5.18. The number of rotatable bonds is 6. The van der Waals surface area contributed by atoms with Gasteiger partial charge in [-0.1, -0.05) is 26.0 Å². The average Bonchev–Trinajstić information content (AvgIpc) is 3.30. The lowest BCUT2D eigenvalue weighted by Gasteiger charge is -2.36. The lowest BCUT2D eigenvalue weighted by atomic mass is 10.1. The maximum atomic E-state index is 3.47. The first-order valence-corrected chi connectivity index (χ1v) is 8.50. The average molecular weight is 287 g/mol. The van der Waals surface area contributed by atoms with Crippen molar-refractivity contribution in [1.29, 1.82) is 0 Å². The molecule has 1 aliphatic heterocycles. The van der Waals surface area contributed by atoms with Gasteiger partial charge in [-0.2, -0.15) is 0 Å². The van der Waals surface area contributed by atoms with E-state index in [0.29, 0.717) is 6.04 Å². The topological polar surface area (TPSA) is 18.5 Å². The molecule has 0 atom stereocenters. The van der Waals surface area contributed by atoms with Crippen LogP contribution in [0.15, 0.2) is 24.3 Å². The van der Waals surface area contributed by atoms with E-state index < -0.39 is 0 Å². The number of hydrogen-bond donors (Lipinski definition) is 1. The molecular formula is C18H29N3. The van der Waals surface area contributed by atoms with Crippen LogP contribution in [0.25, 0.3) is 0 Å². The molecule has 21 heavy (non-hydrogen) atoms. The van der Waals surface area contributed by atoms with Gasteiger partial charge in [0.15, 0.2) is 0 Å². The third kappa shape index (κ3) is 4.45. The van der Waals surface area contributed by atoms with Crippen LogP contribution in [0.5, 0.6) is 0 Å². The minimum atomic E-state index is 0.546. The summed E-state index contributed by atoms with van der Waals surface area (Å²) in [5.74, 6) is 1.02. The fourth-order valence-corrected chi connectivity index (χ4v) is 3.00. The summed E-state index contributed by atoms with van der Waals surface area (Å²) in [5, 5.41) is 3.47. The zero-order valence-electron chi connectivity index (χ0n) is 13.5. The number of hydrogen-bond acceptors (Lipinski definition) is 3. The Balaban J connectivity index is 1.48. The molecule has 116 valence electrons. The molecule has 3 heteroatoms. The molecule has 3 rings (SSSR count). The molecule has 0 spiro atoms. The van der Waals surface area contributed by atoms with Crippen molar-refractivity contribution in [3.05, 3.63) is 29.8 Å². The van der Waals surface area contributed by atoms with Crippen LogP contribution in [0, 0.1) is 5.92 Å². The Labute approximate surface area is 129 Å². The number of nitrogens with zero attached hydrogens (tertiary/aromatic N) is 2. The van der Waals surface area contributed by atoms with Crippen LogP contribution in [0.1, 0.15) is 32.3 Å². The van der Waals surface area contributed by atoms with Crippen LogP contribution in [-0.2, 0) is 6.54 Å². The van der Waals surface area contributed by atoms with Crippen molar-refractivity contribution in [2.75, 3.05) is 37.6 Å². The molecule has 2 aliphatic rings. The Hall–Kier alpha value is -1.06. The Bertz CT molecular complexity index is 428. The predicted octanol–water partition coefficient (Wildman–Crippen LogP) is 2.72. The van der Waals surface area contributed by atoms with Crippen molar-refractivity contribution < 1.29 is 0 Å². The van der Waals surface area contributed by atoms with Crippen molar-refractivity contribution >= 4 is 5.69 Å². The second kappa shape index (κ2) is 6.80. The maximum absolute atomic E-state index is 3.47. The zero-order valence-corrected chi connectivity index (χ0v) is 13.5. The van der Waals surface area contributed by atoms with E-state index in [2.05, 4.69) is 53.2 Å². The third-order valence-corrected chi connectivity index (χ3v) is 4.60. The van der Waals surface area contributed by atoms with Gasteiger partial charge in [0.1, 0.15) is 0 Å². The van der Waals surface area contributed by atoms with Gasteiger partial charge in [0.05, 0.1) is 0 Å². The summed E-state index contributed by atoms with van der Waals surface area (Å²) in [5.41, 5.74) is 2.76. The molecule has 3 nitrogen and oxygen atoms in total. The third-order valence-electron chi connectivity index (χ3n) is 4.60. The van der Waals surface area contributed by atoms with E-state index in [1.54, 1.807) is 0 Å². The fourth-order valence-electron chi connectivity index (χ4n) is 3.00. The van der Waals surface area contributed by atoms with Gasteiger partial charge in [-0.3, -0.25) is 4.90 Å². The quantitative estimate of drug-likeness (QED) is 0.868. The smallest absolute Gasteiger partial charge is 0.0367 e. The van der Waals surface area contributed by atoms with E-state index in [9.17, 15) is 0 Å². The first kappa shape index (κ1) is 14.9. The van der Waals surface area contributed by atoms with Crippen molar-refractivity contribution in [3.63, 3.8) is 0 Å². The van der Waals surface area contributed by atoms with Crippen LogP contribution in [0.3, 0.4) is 0 Å². The molecule has 0 amide bonds. The van der Waals surface area contributed by atoms with E-state index in [4.69, 9.17) is 0 Å². The van der Waals surface area contributed by atoms with Gasteiger partial charge in [-0.15, -0.1) is 0 Å². The minimum absolute atomic E-state index is 0.546. The molecular weight excluding hydrogens is 258 g/mol. The van der Waals surface area contributed by atoms with Crippen molar-refractivity contribution in [2.24, 2.45) is 5.92 Å². The highest BCUT2D eigenvalue weighted by Gasteiger charge is 2.26. The molecule has 1 aliphatic carbocycles. The number of anilines is 1. The molecule has 0 bridgehead atoms. The number of nitrogens with one attached hydrogen (secondary N) is 1. The van der Waals surface area contributed by atoms with Crippen molar-refractivity contribution in [1.82, 2.24) is 10.2 Å². The van der Waals surface area contributed by atoms with Gasteiger partial charge >= 0.3 is 0 Å². The molecule has 0 unspecified atom stereocenters. The molecule has 1 aromatic carbocycles. The van der Waals surface area contributed by atoms with Gasteiger partial charge in [-0.25, -0.2) is 0 Å². The Morgan fingerprint density at radius 1 is 1.05 bits per heavy atom. The Morgan fingerprint density at radius 3 is 2.29 bits per heavy atom. The fraction of sp³-hybridized carbons (Fsp3) is 0.667. The van der Waals surface area contributed by atoms with Gasteiger partial charge in [0, 0.05) is 51.0 Å². The Morgan fingerprint density at radius 2 is 1.71 bits per heavy atom. The maximum Gasteiger partial charge on any atom is 0.0367 e. The highest BCUT2D eigenvalue weighted by Crippen LogP contribution is 2.30. The van der Waals surface area contributed by atoms with Crippen molar-refractivity contribution in [2.45, 2.75) is 39.3 Å². The normalized spacial score (nSPS) is 20.2. The second-order valence-corrected chi connectivity index (χ2v) is 6.93. The lowest BCUT2D eigenvalue weighted by molar-refractivity contribution is 0.248. The summed E-state index contributed by atoms with van der Waals surface area (Å²) in [6.07, 6.45) is 2.93. The first-order valence-electron chi connectivity index (χ1n) is 8.50. The Kier molecular flexibility index (Phi) is 4.81. The predicted molar refractivity (Wildman–Crippen MR) is 89.8 cm³/mol. The molecule has 1 saturated carbocycles.